The van der Waals surface area contributed by atoms with Crippen molar-refractivity contribution in [2.75, 3.05) is 26.4 Å². The molecule has 2 aromatic rings. The molecule has 0 aromatic carbocycles. The van der Waals surface area contributed by atoms with E-state index in [0.29, 0.717) is 26.4 Å². The highest BCUT2D eigenvalue weighted by Gasteiger charge is 2.42. The van der Waals surface area contributed by atoms with Crippen LogP contribution in [0.4, 0.5) is 0 Å². The third-order valence-corrected chi connectivity index (χ3v) is 7.74. The number of fused-ring (bicyclic) bond motifs is 1. The number of thiophene rings is 1. The Morgan fingerprint density at radius 1 is 0.818 bits per heavy atom. The van der Waals surface area contributed by atoms with E-state index >= 15 is 0 Å². The van der Waals surface area contributed by atoms with Crippen LogP contribution in [0.1, 0.15) is 78.8 Å². The predicted molar refractivity (Wildman–Crippen MR) is 138 cm³/mol. The zero-order valence-electron chi connectivity index (χ0n) is 21.4. The molecular weight excluding hydrogens is 434 g/mol. The van der Waals surface area contributed by atoms with Crippen molar-refractivity contribution < 1.29 is 18.6 Å². The second-order valence-electron chi connectivity index (χ2n) is 11.4. The molecule has 0 radical (unpaired) electrons. The molecule has 2 aliphatic rings. The SMILES string of the molecule is CCCCCCCCc1nn(C)c2c(B3OCC(C)(C)CO3)sc(B3OCC(C)(C)CO3)c12. The lowest BCUT2D eigenvalue weighted by Gasteiger charge is -2.33. The van der Waals surface area contributed by atoms with E-state index in [1.165, 1.54) is 37.5 Å². The summed E-state index contributed by atoms with van der Waals surface area (Å²) in [4.78, 5) is 0. The Kier molecular flexibility index (Phi) is 7.96. The lowest BCUT2D eigenvalue weighted by molar-refractivity contribution is 0.0346. The number of aromatic nitrogens is 2. The summed E-state index contributed by atoms with van der Waals surface area (Å²) in [6.45, 7) is 13.7. The van der Waals surface area contributed by atoms with Gasteiger partial charge in [0.05, 0.1) is 16.0 Å². The Morgan fingerprint density at radius 3 is 1.91 bits per heavy atom. The van der Waals surface area contributed by atoms with Crippen LogP contribution in [0.3, 0.4) is 0 Å². The molecule has 2 aromatic heterocycles. The van der Waals surface area contributed by atoms with Crippen LogP contribution in [-0.2, 0) is 32.1 Å². The molecule has 0 amide bonds. The van der Waals surface area contributed by atoms with Crippen molar-refractivity contribution >= 4 is 46.0 Å². The second kappa shape index (κ2) is 10.4. The lowest BCUT2D eigenvalue weighted by Crippen LogP contribution is -2.48. The van der Waals surface area contributed by atoms with Gasteiger partial charge < -0.3 is 18.6 Å². The largest absolute Gasteiger partial charge is 0.506 e. The topological polar surface area (TPSA) is 54.7 Å². The summed E-state index contributed by atoms with van der Waals surface area (Å²) in [5.41, 5.74) is 2.32. The molecule has 9 heteroatoms. The van der Waals surface area contributed by atoms with Crippen molar-refractivity contribution in [2.45, 2.75) is 79.6 Å². The van der Waals surface area contributed by atoms with Crippen molar-refractivity contribution in [1.82, 2.24) is 9.78 Å². The zero-order chi connectivity index (χ0) is 23.6. The summed E-state index contributed by atoms with van der Waals surface area (Å²) < 4.78 is 29.0. The van der Waals surface area contributed by atoms with Crippen molar-refractivity contribution in [3.05, 3.63) is 5.69 Å². The van der Waals surface area contributed by atoms with Gasteiger partial charge in [-0.05, 0) is 12.8 Å². The molecule has 0 spiro atoms. The summed E-state index contributed by atoms with van der Waals surface area (Å²) in [6.07, 6.45) is 8.62. The van der Waals surface area contributed by atoms with Crippen LogP contribution < -0.4 is 9.55 Å². The number of hydrogen-bond acceptors (Lipinski definition) is 6. The quantitative estimate of drug-likeness (QED) is 0.405. The molecule has 6 nitrogen and oxygen atoms in total. The molecule has 0 bridgehead atoms. The van der Waals surface area contributed by atoms with E-state index in [1.807, 2.05) is 11.7 Å². The first-order chi connectivity index (χ1) is 15.7. The van der Waals surface area contributed by atoms with Crippen LogP contribution in [0.15, 0.2) is 0 Å². The molecule has 4 rings (SSSR count). The van der Waals surface area contributed by atoms with Crippen LogP contribution in [0.2, 0.25) is 0 Å². The van der Waals surface area contributed by atoms with Crippen LogP contribution in [0.25, 0.3) is 10.9 Å². The van der Waals surface area contributed by atoms with Gasteiger partial charge in [-0.15, -0.1) is 0 Å². The molecule has 2 saturated heterocycles. The van der Waals surface area contributed by atoms with Crippen LogP contribution in [0, 0.1) is 10.8 Å². The van der Waals surface area contributed by atoms with Crippen LogP contribution >= 0.6 is 11.3 Å². The Balaban J connectivity index is 1.61. The Labute approximate surface area is 204 Å². The van der Waals surface area contributed by atoms with Gasteiger partial charge in [0.1, 0.15) is 0 Å². The monoisotopic (exact) mass is 474 g/mol. The van der Waals surface area contributed by atoms with Crippen LogP contribution in [-0.4, -0.2) is 50.4 Å². The molecule has 0 atom stereocenters. The normalized spacial score (nSPS) is 20.7. The van der Waals surface area contributed by atoms with Crippen molar-refractivity contribution in [1.29, 1.82) is 0 Å². The molecule has 2 fully saturated rings. The lowest BCUT2D eigenvalue weighted by atomic mass is 9.78. The molecule has 33 heavy (non-hydrogen) atoms. The Morgan fingerprint density at radius 2 is 1.33 bits per heavy atom. The van der Waals surface area contributed by atoms with E-state index in [4.69, 9.17) is 23.7 Å². The summed E-state index contributed by atoms with van der Waals surface area (Å²) in [7, 11) is 1.31. The Bertz CT molecular complexity index is 923. The highest BCUT2D eigenvalue weighted by Crippen LogP contribution is 2.29. The first-order valence-electron chi connectivity index (χ1n) is 12.7. The second-order valence-corrected chi connectivity index (χ2v) is 12.5. The minimum atomic E-state index is -0.364. The van der Waals surface area contributed by atoms with Crippen molar-refractivity contribution in [3.63, 3.8) is 0 Å². The summed E-state index contributed by atoms with van der Waals surface area (Å²) in [5.74, 6) is 0. The van der Waals surface area contributed by atoms with Gasteiger partial charge in [-0.3, -0.25) is 4.68 Å². The summed E-state index contributed by atoms with van der Waals surface area (Å²) in [5, 5.41) is 6.14. The van der Waals surface area contributed by atoms with E-state index in [-0.39, 0.29) is 25.1 Å². The molecule has 0 aliphatic carbocycles. The maximum Gasteiger partial charge on any atom is 0.506 e. The maximum absolute atomic E-state index is 6.22. The summed E-state index contributed by atoms with van der Waals surface area (Å²) >= 11 is 1.71. The number of hydrogen-bond donors (Lipinski definition) is 0. The van der Waals surface area contributed by atoms with Crippen LogP contribution in [0.5, 0.6) is 0 Å². The van der Waals surface area contributed by atoms with Gasteiger partial charge in [0.2, 0.25) is 0 Å². The van der Waals surface area contributed by atoms with Crippen molar-refractivity contribution in [2.24, 2.45) is 17.9 Å². The van der Waals surface area contributed by atoms with Gasteiger partial charge >= 0.3 is 14.2 Å². The third kappa shape index (κ3) is 5.87. The Hall–Kier alpha value is -0.860. The minimum Gasteiger partial charge on any atom is -0.406 e. The average molecular weight is 474 g/mol. The third-order valence-electron chi connectivity index (χ3n) is 6.52. The maximum atomic E-state index is 6.22. The van der Waals surface area contributed by atoms with Gasteiger partial charge in [0, 0.05) is 54.5 Å². The fourth-order valence-corrected chi connectivity index (χ4v) is 5.95. The van der Waals surface area contributed by atoms with Gasteiger partial charge in [0.15, 0.2) is 0 Å². The zero-order valence-corrected chi connectivity index (χ0v) is 22.2. The van der Waals surface area contributed by atoms with Gasteiger partial charge in [-0.1, -0.05) is 66.7 Å². The molecule has 4 heterocycles. The van der Waals surface area contributed by atoms with E-state index in [2.05, 4.69) is 34.6 Å². The van der Waals surface area contributed by atoms with Gasteiger partial charge in [-0.25, -0.2) is 0 Å². The molecule has 0 saturated carbocycles. The number of aryl methyl sites for hydroxylation is 2. The highest BCUT2D eigenvalue weighted by molar-refractivity contribution is 7.32. The first kappa shape index (κ1) is 25.2. The van der Waals surface area contributed by atoms with E-state index in [1.54, 1.807) is 11.3 Å². The van der Waals surface area contributed by atoms with E-state index < -0.39 is 0 Å². The smallest absolute Gasteiger partial charge is 0.406 e. The number of rotatable bonds is 9. The van der Waals surface area contributed by atoms with E-state index in [0.717, 1.165) is 33.6 Å². The summed E-state index contributed by atoms with van der Waals surface area (Å²) in [6, 6.07) is 0. The number of unbranched alkanes of at least 4 members (excludes halogenated alkanes) is 5. The fourth-order valence-electron chi connectivity index (χ4n) is 4.60. The molecule has 182 valence electrons. The molecule has 0 N–H and O–H groups in total. The van der Waals surface area contributed by atoms with Gasteiger partial charge in [0.25, 0.3) is 0 Å². The van der Waals surface area contributed by atoms with Gasteiger partial charge in [-0.2, -0.15) is 16.4 Å². The number of nitrogens with zero attached hydrogens (tertiary/aromatic N) is 2. The average Bonchev–Trinajstić information content (AvgIpc) is 3.30. The standard InChI is InChI=1S/C24H40B2N2O4S/c1-7-8-9-10-11-12-13-18-19-20(28(6)27-18)22(26-31-16-24(4,5)17-32-26)33-21(19)25-29-14-23(2,3)15-30-25/h7-17H2,1-6H3. The molecule has 0 unspecified atom stereocenters. The molecular formula is C24H40B2N2O4S. The van der Waals surface area contributed by atoms with Crippen molar-refractivity contribution in [3.8, 4) is 0 Å². The fraction of sp³-hybridized carbons (Fsp3) is 0.792. The predicted octanol–water partition coefficient (Wildman–Crippen LogP) is 4.07. The highest BCUT2D eigenvalue weighted by atomic mass is 32.1. The molecule has 2 aliphatic heterocycles. The van der Waals surface area contributed by atoms with E-state index in [9.17, 15) is 0 Å². The minimum absolute atomic E-state index is 0.0340. The first-order valence-corrected chi connectivity index (χ1v) is 13.5.